The summed E-state index contributed by atoms with van der Waals surface area (Å²) in [4.78, 5) is 26.9. The van der Waals surface area contributed by atoms with E-state index >= 15 is 0 Å². The minimum absolute atomic E-state index is 0.0965. The molecule has 0 aliphatic heterocycles. The van der Waals surface area contributed by atoms with E-state index < -0.39 is 5.82 Å². The van der Waals surface area contributed by atoms with Gasteiger partial charge >= 0.3 is 0 Å². The van der Waals surface area contributed by atoms with Crippen molar-refractivity contribution in [2.75, 3.05) is 18.9 Å². The van der Waals surface area contributed by atoms with Crippen LogP contribution in [0.4, 0.5) is 10.1 Å². The van der Waals surface area contributed by atoms with Crippen molar-refractivity contribution in [3.8, 4) is 0 Å². The van der Waals surface area contributed by atoms with E-state index in [0.717, 1.165) is 10.6 Å². The van der Waals surface area contributed by atoms with Crippen LogP contribution in [0.2, 0.25) is 0 Å². The lowest BCUT2D eigenvalue weighted by atomic mass is 10.2. The number of hydrogen-bond donors (Lipinski definition) is 1. The fourth-order valence-electron chi connectivity index (χ4n) is 3.21. The van der Waals surface area contributed by atoms with Gasteiger partial charge in [-0.3, -0.25) is 9.59 Å². The van der Waals surface area contributed by atoms with Gasteiger partial charge in [-0.05, 0) is 61.0 Å². The van der Waals surface area contributed by atoms with Crippen LogP contribution < -0.4 is 5.32 Å². The molecule has 4 nitrogen and oxygen atoms in total. The lowest BCUT2D eigenvalue weighted by molar-refractivity contribution is -0.116. The maximum atomic E-state index is 13.0. The topological polar surface area (TPSA) is 49.4 Å². The van der Waals surface area contributed by atoms with Crippen LogP contribution in [0.3, 0.4) is 0 Å². The maximum absolute atomic E-state index is 13.0. The molecule has 0 heterocycles. The molecule has 0 unspecified atom stereocenters. The molecular formula is C30H29FN2O2S. The molecule has 1 N–H and O–H groups in total. The van der Waals surface area contributed by atoms with Crippen molar-refractivity contribution in [2.24, 2.45) is 0 Å². The summed E-state index contributed by atoms with van der Waals surface area (Å²) in [6, 6.07) is 33.3. The Balaban J connectivity index is 0.000000444. The van der Waals surface area contributed by atoms with Crippen LogP contribution in [0.5, 0.6) is 0 Å². The minimum Gasteiger partial charge on any atom is -0.332 e. The first kappa shape index (κ1) is 26.7. The molecule has 6 heteroatoms. The normalized spacial score (nSPS) is 10.1. The van der Waals surface area contributed by atoms with Gasteiger partial charge in [0.15, 0.2) is 0 Å². The van der Waals surface area contributed by atoms with E-state index in [1.165, 1.54) is 47.3 Å². The van der Waals surface area contributed by atoms with Gasteiger partial charge in [0.25, 0.3) is 5.91 Å². The van der Waals surface area contributed by atoms with E-state index in [4.69, 9.17) is 0 Å². The molecule has 184 valence electrons. The minimum atomic E-state index is -0.410. The third kappa shape index (κ3) is 9.04. The number of hydrogen-bond acceptors (Lipinski definition) is 3. The summed E-state index contributed by atoms with van der Waals surface area (Å²) in [5.74, 6) is -0.171. The smallest absolute Gasteiger partial charge is 0.254 e. The zero-order chi connectivity index (χ0) is 25.8. The second-order valence-electron chi connectivity index (χ2n) is 8.17. The van der Waals surface area contributed by atoms with E-state index in [1.54, 1.807) is 11.8 Å². The number of aryl methyl sites for hydroxylation is 1. The van der Waals surface area contributed by atoms with Crippen molar-refractivity contribution in [3.05, 3.63) is 132 Å². The molecular weight excluding hydrogens is 471 g/mol. The van der Waals surface area contributed by atoms with Gasteiger partial charge in [-0.2, -0.15) is 0 Å². The highest BCUT2D eigenvalue weighted by molar-refractivity contribution is 7.98. The van der Waals surface area contributed by atoms with Crippen LogP contribution in [0.1, 0.15) is 21.5 Å². The number of rotatable bonds is 7. The number of halogens is 1. The van der Waals surface area contributed by atoms with Crippen molar-refractivity contribution in [2.45, 2.75) is 17.6 Å². The molecule has 4 rings (SSSR count). The van der Waals surface area contributed by atoms with Gasteiger partial charge in [0.2, 0.25) is 5.91 Å². The van der Waals surface area contributed by atoms with Crippen molar-refractivity contribution >= 4 is 29.3 Å². The molecule has 2 amide bonds. The highest BCUT2D eigenvalue weighted by Gasteiger charge is 2.15. The second kappa shape index (κ2) is 13.9. The number of nitrogens with zero attached hydrogens (tertiary/aromatic N) is 1. The number of benzene rings is 4. The Hall–Kier alpha value is -3.90. The molecule has 4 aromatic rings. The largest absolute Gasteiger partial charge is 0.332 e. The third-order valence-electron chi connectivity index (χ3n) is 5.15. The number of thioether (sulfide) groups is 1. The van der Waals surface area contributed by atoms with E-state index in [2.05, 4.69) is 36.5 Å². The molecule has 0 aliphatic rings. The van der Waals surface area contributed by atoms with Crippen LogP contribution in [0, 0.1) is 12.7 Å². The van der Waals surface area contributed by atoms with E-state index in [0.29, 0.717) is 11.3 Å². The Morgan fingerprint density at radius 2 is 1.39 bits per heavy atom. The Labute approximate surface area is 216 Å². The molecule has 0 atom stereocenters. The molecule has 0 radical (unpaired) electrons. The van der Waals surface area contributed by atoms with Crippen LogP contribution in [-0.2, 0) is 10.5 Å². The third-order valence-corrected chi connectivity index (χ3v) is 6.23. The summed E-state index contributed by atoms with van der Waals surface area (Å²) in [6.45, 7) is 1.99. The van der Waals surface area contributed by atoms with E-state index in [9.17, 15) is 14.0 Å². The standard InChI is InChI=1S/C23H21FN2O2S.C7H8/c1-26(23(28)18-7-9-19(24)10-8-18)15-22(27)25-20-11-13-21(14-12-20)29-16-17-5-3-2-4-6-17;1-7-5-3-2-4-6-7/h2-14H,15-16H2,1H3,(H,25,27);2-6H,1H3. The van der Waals surface area contributed by atoms with Crippen molar-refractivity contribution < 1.29 is 14.0 Å². The molecule has 0 aliphatic carbocycles. The van der Waals surface area contributed by atoms with Gasteiger partial charge in [-0.1, -0.05) is 66.2 Å². The number of nitrogens with one attached hydrogen (secondary N) is 1. The second-order valence-corrected chi connectivity index (χ2v) is 9.22. The quantitative estimate of drug-likeness (QED) is 0.283. The summed E-state index contributed by atoms with van der Waals surface area (Å²) >= 11 is 1.72. The highest BCUT2D eigenvalue weighted by Crippen LogP contribution is 2.24. The van der Waals surface area contributed by atoms with E-state index in [1.807, 2.05) is 60.7 Å². The first-order valence-electron chi connectivity index (χ1n) is 11.5. The average molecular weight is 501 g/mol. The van der Waals surface area contributed by atoms with Crippen LogP contribution in [-0.4, -0.2) is 30.3 Å². The summed E-state index contributed by atoms with van der Waals surface area (Å²) in [6.07, 6.45) is 0. The summed E-state index contributed by atoms with van der Waals surface area (Å²) in [7, 11) is 1.54. The lowest BCUT2D eigenvalue weighted by Gasteiger charge is -2.17. The number of amides is 2. The SMILES string of the molecule is CN(CC(=O)Nc1ccc(SCc2ccccc2)cc1)C(=O)c1ccc(F)cc1.Cc1ccccc1. The van der Waals surface area contributed by atoms with Gasteiger partial charge in [-0.25, -0.2) is 4.39 Å². The van der Waals surface area contributed by atoms with Gasteiger partial charge in [0, 0.05) is 28.9 Å². The monoisotopic (exact) mass is 500 g/mol. The summed E-state index contributed by atoms with van der Waals surface area (Å²) < 4.78 is 13.0. The molecule has 0 saturated carbocycles. The van der Waals surface area contributed by atoms with Crippen molar-refractivity contribution in [3.63, 3.8) is 0 Å². The Bertz CT molecular complexity index is 1230. The molecule has 0 spiro atoms. The summed E-state index contributed by atoms with van der Waals surface area (Å²) in [5.41, 5.74) is 3.58. The number of carbonyl (C=O) groups excluding carboxylic acids is 2. The fourth-order valence-corrected chi connectivity index (χ4v) is 4.06. The Morgan fingerprint density at radius 1 is 0.806 bits per heavy atom. The molecule has 36 heavy (non-hydrogen) atoms. The average Bonchev–Trinajstić information content (AvgIpc) is 2.89. The zero-order valence-electron chi connectivity index (χ0n) is 20.4. The van der Waals surface area contributed by atoms with Gasteiger partial charge in [0.1, 0.15) is 5.82 Å². The number of anilines is 1. The van der Waals surface area contributed by atoms with Crippen LogP contribution in [0.25, 0.3) is 0 Å². The molecule has 0 saturated heterocycles. The van der Waals surface area contributed by atoms with Gasteiger partial charge < -0.3 is 10.2 Å². The van der Waals surface area contributed by atoms with Gasteiger partial charge in [0.05, 0.1) is 6.54 Å². The maximum Gasteiger partial charge on any atom is 0.254 e. The predicted molar refractivity (Wildman–Crippen MR) is 146 cm³/mol. The van der Waals surface area contributed by atoms with Crippen molar-refractivity contribution in [1.82, 2.24) is 4.90 Å². The first-order valence-corrected chi connectivity index (χ1v) is 12.5. The predicted octanol–water partition coefficient (Wildman–Crippen LogP) is 6.82. The van der Waals surface area contributed by atoms with E-state index in [-0.39, 0.29) is 18.4 Å². The Morgan fingerprint density at radius 3 is 1.94 bits per heavy atom. The molecule has 0 bridgehead atoms. The van der Waals surface area contributed by atoms with Crippen LogP contribution in [0.15, 0.2) is 114 Å². The number of likely N-dealkylation sites (N-methyl/N-ethyl adjacent to an activating group) is 1. The molecule has 0 aromatic heterocycles. The summed E-state index contributed by atoms with van der Waals surface area (Å²) in [5, 5.41) is 2.79. The highest BCUT2D eigenvalue weighted by atomic mass is 32.2. The fraction of sp³-hybridized carbons (Fsp3) is 0.133. The molecule has 4 aromatic carbocycles. The number of carbonyl (C=O) groups is 2. The van der Waals surface area contributed by atoms with Gasteiger partial charge in [-0.15, -0.1) is 11.8 Å². The first-order chi connectivity index (χ1) is 17.4. The van der Waals surface area contributed by atoms with Crippen LogP contribution >= 0.6 is 11.8 Å². The zero-order valence-corrected chi connectivity index (χ0v) is 21.2. The lowest BCUT2D eigenvalue weighted by Crippen LogP contribution is -2.34. The van der Waals surface area contributed by atoms with Crippen molar-refractivity contribution in [1.29, 1.82) is 0 Å². The Kier molecular flexibility index (Phi) is 10.3. The molecule has 0 fully saturated rings.